The van der Waals surface area contributed by atoms with Crippen LogP contribution in [0.3, 0.4) is 0 Å². The van der Waals surface area contributed by atoms with E-state index in [9.17, 15) is 13.6 Å². The van der Waals surface area contributed by atoms with Gasteiger partial charge >= 0.3 is 0 Å². The number of carbonyl (C=O) groups excluding carboxylic acids is 1. The average molecular weight is 358 g/mol. The monoisotopic (exact) mass is 358 g/mol. The number of methoxy groups -OCH3 is 1. The van der Waals surface area contributed by atoms with E-state index in [4.69, 9.17) is 9.26 Å². The lowest BCUT2D eigenvalue weighted by atomic mass is 10.1. The molecule has 1 heterocycles. The number of amides is 1. The third-order valence-electron chi connectivity index (χ3n) is 3.75. The lowest BCUT2D eigenvalue weighted by Crippen LogP contribution is -2.24. The quantitative estimate of drug-likeness (QED) is 0.733. The van der Waals surface area contributed by atoms with Crippen molar-refractivity contribution in [3.8, 4) is 17.1 Å². The van der Waals surface area contributed by atoms with Gasteiger partial charge in [0.05, 0.1) is 24.8 Å². The van der Waals surface area contributed by atoms with Crippen LogP contribution >= 0.6 is 0 Å². The van der Waals surface area contributed by atoms with Gasteiger partial charge in [-0.2, -0.15) is 0 Å². The van der Waals surface area contributed by atoms with Gasteiger partial charge in [-0.25, -0.2) is 8.78 Å². The lowest BCUT2D eigenvalue weighted by molar-refractivity contribution is -0.120. The van der Waals surface area contributed by atoms with Crippen LogP contribution in [0.5, 0.6) is 5.75 Å². The van der Waals surface area contributed by atoms with E-state index in [2.05, 4.69) is 10.5 Å². The SMILES string of the molecule is COc1ccc(CNC(=O)Cc2cc(-c3ccc(F)cc3F)on2)cc1. The highest BCUT2D eigenvalue weighted by atomic mass is 19.1. The molecule has 134 valence electrons. The highest BCUT2D eigenvalue weighted by Gasteiger charge is 2.14. The maximum Gasteiger partial charge on any atom is 0.226 e. The Morgan fingerprint density at radius 1 is 1.15 bits per heavy atom. The Labute approximate surface area is 148 Å². The Balaban J connectivity index is 1.58. The normalized spacial score (nSPS) is 10.6. The van der Waals surface area contributed by atoms with Crippen LogP contribution in [-0.4, -0.2) is 18.2 Å². The zero-order valence-corrected chi connectivity index (χ0v) is 14.0. The van der Waals surface area contributed by atoms with Gasteiger partial charge in [0.15, 0.2) is 5.76 Å². The van der Waals surface area contributed by atoms with Gasteiger partial charge in [0.2, 0.25) is 5.91 Å². The van der Waals surface area contributed by atoms with Crippen LogP contribution in [0.1, 0.15) is 11.3 Å². The summed E-state index contributed by atoms with van der Waals surface area (Å²) in [5.41, 5.74) is 1.37. The molecule has 3 rings (SSSR count). The molecule has 0 unspecified atom stereocenters. The second-order valence-electron chi connectivity index (χ2n) is 5.61. The summed E-state index contributed by atoms with van der Waals surface area (Å²) in [5.74, 6) is -0.801. The first-order valence-corrected chi connectivity index (χ1v) is 7.86. The largest absolute Gasteiger partial charge is 0.497 e. The van der Waals surface area contributed by atoms with Crippen molar-refractivity contribution in [3.63, 3.8) is 0 Å². The van der Waals surface area contributed by atoms with Crippen molar-refractivity contribution >= 4 is 5.91 Å². The van der Waals surface area contributed by atoms with Crippen molar-refractivity contribution in [2.75, 3.05) is 7.11 Å². The summed E-state index contributed by atoms with van der Waals surface area (Å²) in [6.45, 7) is 0.361. The molecule has 0 fully saturated rings. The smallest absolute Gasteiger partial charge is 0.226 e. The average Bonchev–Trinajstić information content (AvgIpc) is 3.08. The number of nitrogens with zero attached hydrogens (tertiary/aromatic N) is 1. The van der Waals surface area contributed by atoms with Gasteiger partial charge < -0.3 is 14.6 Å². The first kappa shape index (κ1) is 17.6. The number of nitrogens with one attached hydrogen (secondary N) is 1. The van der Waals surface area contributed by atoms with Crippen molar-refractivity contribution in [3.05, 3.63) is 71.4 Å². The van der Waals surface area contributed by atoms with E-state index in [-0.39, 0.29) is 23.7 Å². The van der Waals surface area contributed by atoms with E-state index in [0.29, 0.717) is 12.2 Å². The van der Waals surface area contributed by atoms with Crippen molar-refractivity contribution in [2.24, 2.45) is 0 Å². The highest BCUT2D eigenvalue weighted by Crippen LogP contribution is 2.24. The third-order valence-corrected chi connectivity index (χ3v) is 3.75. The van der Waals surface area contributed by atoms with E-state index >= 15 is 0 Å². The molecular formula is C19H16F2N2O3. The molecule has 2 aromatic carbocycles. The number of ether oxygens (including phenoxy) is 1. The molecule has 0 aliphatic rings. The molecule has 0 spiro atoms. The van der Waals surface area contributed by atoms with Crippen LogP contribution in [0, 0.1) is 11.6 Å². The molecule has 0 saturated heterocycles. The summed E-state index contributed by atoms with van der Waals surface area (Å²) < 4.78 is 36.8. The number of rotatable bonds is 6. The predicted molar refractivity (Wildman–Crippen MR) is 90.4 cm³/mol. The minimum atomic E-state index is -0.753. The zero-order valence-electron chi connectivity index (χ0n) is 14.0. The molecule has 0 bridgehead atoms. The standard InChI is InChI=1S/C19H16F2N2O3/c1-25-15-5-2-12(3-6-15)11-22-19(24)10-14-9-18(26-23-14)16-7-4-13(20)8-17(16)21/h2-9H,10-11H2,1H3,(H,22,24). The molecule has 5 nitrogen and oxygen atoms in total. The molecule has 1 amide bonds. The molecule has 0 aliphatic carbocycles. The molecule has 0 aliphatic heterocycles. The van der Waals surface area contributed by atoms with E-state index in [1.54, 1.807) is 7.11 Å². The molecule has 0 saturated carbocycles. The number of carbonyl (C=O) groups is 1. The van der Waals surface area contributed by atoms with E-state index in [1.165, 1.54) is 12.1 Å². The lowest BCUT2D eigenvalue weighted by Gasteiger charge is -2.05. The summed E-state index contributed by atoms with van der Waals surface area (Å²) in [7, 11) is 1.58. The van der Waals surface area contributed by atoms with Crippen LogP contribution in [-0.2, 0) is 17.8 Å². The summed E-state index contributed by atoms with van der Waals surface area (Å²) in [6.07, 6.45) is -0.0114. The highest BCUT2D eigenvalue weighted by molar-refractivity contribution is 5.78. The molecule has 1 aromatic heterocycles. The minimum absolute atomic E-state index is 0.0114. The van der Waals surface area contributed by atoms with Gasteiger partial charge in [-0.1, -0.05) is 17.3 Å². The number of benzene rings is 2. The van der Waals surface area contributed by atoms with E-state index in [0.717, 1.165) is 23.4 Å². The van der Waals surface area contributed by atoms with Crippen LogP contribution < -0.4 is 10.1 Å². The van der Waals surface area contributed by atoms with Gasteiger partial charge in [0, 0.05) is 18.7 Å². The van der Waals surface area contributed by atoms with Crippen molar-refractivity contribution in [1.29, 1.82) is 0 Å². The first-order chi connectivity index (χ1) is 12.5. The van der Waals surface area contributed by atoms with Crippen LogP contribution in [0.4, 0.5) is 8.78 Å². The Morgan fingerprint density at radius 3 is 2.62 bits per heavy atom. The summed E-state index contributed by atoms with van der Waals surface area (Å²) in [6, 6.07) is 11.9. The Bertz CT molecular complexity index is 907. The van der Waals surface area contributed by atoms with Crippen molar-refractivity contribution in [2.45, 2.75) is 13.0 Å². The van der Waals surface area contributed by atoms with Crippen LogP contribution in [0.25, 0.3) is 11.3 Å². The summed E-state index contributed by atoms with van der Waals surface area (Å²) >= 11 is 0. The fourth-order valence-corrected chi connectivity index (χ4v) is 2.38. The molecular weight excluding hydrogens is 342 g/mol. The molecule has 1 N–H and O–H groups in total. The first-order valence-electron chi connectivity index (χ1n) is 7.86. The Morgan fingerprint density at radius 2 is 1.92 bits per heavy atom. The van der Waals surface area contributed by atoms with Crippen molar-refractivity contribution < 1.29 is 22.8 Å². The van der Waals surface area contributed by atoms with E-state index in [1.807, 2.05) is 24.3 Å². The second kappa shape index (κ2) is 7.77. The summed E-state index contributed by atoms with van der Waals surface area (Å²) in [5, 5.41) is 6.53. The number of hydrogen-bond donors (Lipinski definition) is 1. The van der Waals surface area contributed by atoms with Crippen LogP contribution in [0.2, 0.25) is 0 Å². The number of aromatic nitrogens is 1. The fraction of sp³-hybridized carbons (Fsp3) is 0.158. The van der Waals surface area contributed by atoms with Gasteiger partial charge in [-0.15, -0.1) is 0 Å². The molecule has 0 radical (unpaired) electrons. The van der Waals surface area contributed by atoms with Gasteiger partial charge in [0.25, 0.3) is 0 Å². The fourth-order valence-electron chi connectivity index (χ4n) is 2.38. The van der Waals surface area contributed by atoms with Gasteiger partial charge in [-0.3, -0.25) is 4.79 Å². The van der Waals surface area contributed by atoms with Gasteiger partial charge in [-0.05, 0) is 29.8 Å². The number of hydrogen-bond acceptors (Lipinski definition) is 4. The predicted octanol–water partition coefficient (Wildman–Crippen LogP) is 3.49. The Hall–Kier alpha value is -3.22. The van der Waals surface area contributed by atoms with Crippen molar-refractivity contribution in [1.82, 2.24) is 10.5 Å². The maximum absolute atomic E-state index is 13.8. The zero-order chi connectivity index (χ0) is 18.5. The Kier molecular flexibility index (Phi) is 5.26. The third kappa shape index (κ3) is 4.24. The summed E-state index contributed by atoms with van der Waals surface area (Å²) in [4.78, 5) is 12.0. The van der Waals surface area contributed by atoms with E-state index < -0.39 is 11.6 Å². The number of halogens is 2. The topological polar surface area (TPSA) is 64.4 Å². The maximum atomic E-state index is 13.8. The minimum Gasteiger partial charge on any atom is -0.497 e. The molecule has 0 atom stereocenters. The van der Waals surface area contributed by atoms with Crippen LogP contribution in [0.15, 0.2) is 53.1 Å². The van der Waals surface area contributed by atoms with Gasteiger partial charge in [0.1, 0.15) is 17.4 Å². The molecule has 26 heavy (non-hydrogen) atoms. The molecule has 7 heteroatoms. The second-order valence-corrected chi connectivity index (χ2v) is 5.61. The molecule has 3 aromatic rings.